The van der Waals surface area contributed by atoms with Crippen LogP contribution in [0.4, 0.5) is 0 Å². The second kappa shape index (κ2) is 7.96. The summed E-state index contributed by atoms with van der Waals surface area (Å²) >= 11 is 7.52. The molecule has 176 valence electrons. The number of rotatable bonds is 3. The van der Waals surface area contributed by atoms with Gasteiger partial charge in [-0.05, 0) is 37.3 Å². The quantitative estimate of drug-likeness (QED) is 0.395. The number of para-hydroxylation sites is 1. The van der Waals surface area contributed by atoms with Gasteiger partial charge in [-0.15, -0.1) is 0 Å². The fourth-order valence-corrected chi connectivity index (χ4v) is 6.10. The van der Waals surface area contributed by atoms with E-state index in [0.717, 1.165) is 11.1 Å². The van der Waals surface area contributed by atoms with Crippen molar-refractivity contribution in [3.05, 3.63) is 96.7 Å². The first-order valence-corrected chi connectivity index (χ1v) is 12.1. The zero-order valence-corrected chi connectivity index (χ0v) is 20.3. The van der Waals surface area contributed by atoms with E-state index in [2.05, 4.69) is 0 Å². The van der Waals surface area contributed by atoms with Crippen LogP contribution >= 0.6 is 22.9 Å². The maximum atomic E-state index is 13.6. The minimum Gasteiger partial charge on any atom is -0.469 e. The summed E-state index contributed by atoms with van der Waals surface area (Å²) in [6.07, 6.45) is 1.68. The predicted octanol–water partition coefficient (Wildman–Crippen LogP) is 3.77. The Hall–Kier alpha value is -3.62. The van der Waals surface area contributed by atoms with E-state index < -0.39 is 23.7 Å². The molecule has 2 aromatic heterocycles. The molecule has 2 aliphatic heterocycles. The van der Waals surface area contributed by atoms with Gasteiger partial charge in [0.05, 0.1) is 22.7 Å². The Morgan fingerprint density at radius 1 is 1.17 bits per heavy atom. The van der Waals surface area contributed by atoms with Crippen LogP contribution in [-0.2, 0) is 9.53 Å². The molecule has 0 saturated carbocycles. The van der Waals surface area contributed by atoms with Crippen molar-refractivity contribution >= 4 is 35.0 Å². The lowest BCUT2D eigenvalue weighted by atomic mass is 9.81. The number of carbonyl (C=O) groups is 1. The Morgan fingerprint density at radius 3 is 2.74 bits per heavy atom. The first-order chi connectivity index (χ1) is 16.9. The van der Waals surface area contributed by atoms with E-state index in [-0.39, 0.29) is 5.56 Å². The molecule has 0 amide bonds. The summed E-state index contributed by atoms with van der Waals surface area (Å²) in [6, 6.07) is 17.8. The molecule has 0 radical (unpaired) electrons. The van der Waals surface area contributed by atoms with Crippen LogP contribution < -0.4 is 19.6 Å². The number of nitrogens with zero attached hydrogens (tertiary/aromatic N) is 2. The standard InChI is InChI=1S/C26H19ClN2O5S/c1-26-21(24(31)32-2)22(16-8-4-6-10-19(16)34-26)29-23(30)20(35-25(29)28-26)13-14-11-12-18(33-14)15-7-3-5-9-17(15)27/h3-13,21-22H,1-2H3/b20-13+/t21-,22-,26-/m0/s1. The highest BCUT2D eigenvalue weighted by atomic mass is 35.5. The number of aromatic nitrogens is 1. The number of thiazole rings is 1. The topological polar surface area (TPSA) is 83.0 Å². The van der Waals surface area contributed by atoms with Crippen LogP contribution in [0.15, 0.2) is 74.9 Å². The van der Waals surface area contributed by atoms with Crippen LogP contribution in [0.1, 0.15) is 24.3 Å². The van der Waals surface area contributed by atoms with Crippen LogP contribution in [0.3, 0.4) is 0 Å². The molecule has 0 fully saturated rings. The van der Waals surface area contributed by atoms with Crippen molar-refractivity contribution in [1.29, 1.82) is 0 Å². The lowest BCUT2D eigenvalue weighted by molar-refractivity contribution is -0.158. The first-order valence-electron chi connectivity index (χ1n) is 10.9. The van der Waals surface area contributed by atoms with Gasteiger partial charge in [-0.1, -0.05) is 53.3 Å². The minimum atomic E-state index is -1.21. The van der Waals surface area contributed by atoms with Gasteiger partial charge < -0.3 is 13.9 Å². The normalized spacial score (nSPS) is 22.5. The second-order valence-electron chi connectivity index (χ2n) is 8.50. The van der Waals surface area contributed by atoms with Gasteiger partial charge in [-0.2, -0.15) is 0 Å². The number of fused-ring (bicyclic) bond motifs is 6. The summed E-state index contributed by atoms with van der Waals surface area (Å²) in [7, 11) is 1.33. The van der Waals surface area contributed by atoms with Gasteiger partial charge in [-0.25, -0.2) is 4.99 Å². The number of benzene rings is 2. The molecule has 0 N–H and O–H groups in total. The van der Waals surface area contributed by atoms with Gasteiger partial charge in [0.2, 0.25) is 5.72 Å². The van der Waals surface area contributed by atoms with E-state index in [1.807, 2.05) is 48.5 Å². The van der Waals surface area contributed by atoms with Crippen molar-refractivity contribution in [1.82, 2.24) is 4.57 Å². The largest absolute Gasteiger partial charge is 0.469 e. The van der Waals surface area contributed by atoms with E-state index in [0.29, 0.717) is 31.6 Å². The summed E-state index contributed by atoms with van der Waals surface area (Å²) in [5, 5.41) is 0.576. The highest BCUT2D eigenvalue weighted by Crippen LogP contribution is 2.47. The van der Waals surface area contributed by atoms with E-state index in [9.17, 15) is 9.59 Å². The van der Waals surface area contributed by atoms with Gasteiger partial charge in [0.15, 0.2) is 4.80 Å². The summed E-state index contributed by atoms with van der Waals surface area (Å²) in [6.45, 7) is 1.75. The molecule has 2 bridgehead atoms. The van der Waals surface area contributed by atoms with Crippen LogP contribution in [-0.4, -0.2) is 23.4 Å². The number of esters is 1. The lowest BCUT2D eigenvalue weighted by Crippen LogP contribution is -2.58. The number of furan rings is 1. The predicted molar refractivity (Wildman–Crippen MR) is 131 cm³/mol. The van der Waals surface area contributed by atoms with E-state index in [1.165, 1.54) is 18.4 Å². The van der Waals surface area contributed by atoms with Crippen molar-refractivity contribution < 1.29 is 18.7 Å². The van der Waals surface area contributed by atoms with E-state index >= 15 is 0 Å². The highest BCUT2D eigenvalue weighted by Gasteiger charge is 2.55. The molecule has 4 heterocycles. The highest BCUT2D eigenvalue weighted by molar-refractivity contribution is 7.07. The average molecular weight is 507 g/mol. The third kappa shape index (κ3) is 3.36. The third-order valence-electron chi connectivity index (χ3n) is 6.37. The van der Waals surface area contributed by atoms with Crippen molar-refractivity contribution in [3.63, 3.8) is 0 Å². The zero-order valence-electron chi connectivity index (χ0n) is 18.7. The molecule has 4 aromatic rings. The summed E-state index contributed by atoms with van der Waals surface area (Å²) < 4.78 is 19.3. The van der Waals surface area contributed by atoms with Gasteiger partial charge in [0.1, 0.15) is 23.2 Å². The number of hydrogen-bond donors (Lipinski definition) is 0. The summed E-state index contributed by atoms with van der Waals surface area (Å²) in [4.78, 5) is 31.7. The molecule has 2 aromatic carbocycles. The molecule has 6 rings (SSSR count). The Balaban J connectivity index is 1.52. The number of hydrogen-bond acceptors (Lipinski definition) is 7. The molecule has 2 aliphatic rings. The van der Waals surface area contributed by atoms with Crippen molar-refractivity contribution in [2.45, 2.75) is 18.7 Å². The molecular formula is C26H19ClN2O5S. The maximum Gasteiger partial charge on any atom is 0.317 e. The Labute approximate surface area is 208 Å². The fraction of sp³-hybridized carbons (Fsp3) is 0.192. The Kier molecular flexibility index (Phi) is 4.98. The minimum absolute atomic E-state index is 0.262. The van der Waals surface area contributed by atoms with Crippen LogP contribution in [0.25, 0.3) is 17.4 Å². The van der Waals surface area contributed by atoms with Gasteiger partial charge in [0, 0.05) is 17.2 Å². The Bertz CT molecular complexity index is 1670. The molecule has 3 atom stereocenters. The average Bonchev–Trinajstić information content (AvgIpc) is 3.42. The molecule has 0 spiro atoms. The van der Waals surface area contributed by atoms with E-state index in [4.69, 9.17) is 30.5 Å². The molecule has 7 nitrogen and oxygen atoms in total. The Morgan fingerprint density at radius 2 is 1.94 bits per heavy atom. The van der Waals surface area contributed by atoms with Crippen molar-refractivity contribution in [2.24, 2.45) is 10.9 Å². The van der Waals surface area contributed by atoms with Gasteiger partial charge >= 0.3 is 5.97 Å². The number of ether oxygens (including phenoxy) is 2. The molecule has 35 heavy (non-hydrogen) atoms. The van der Waals surface area contributed by atoms with Crippen LogP contribution in [0, 0.1) is 5.92 Å². The number of methoxy groups -OCH3 is 1. The van der Waals surface area contributed by atoms with Crippen LogP contribution in [0.5, 0.6) is 5.75 Å². The monoisotopic (exact) mass is 506 g/mol. The lowest BCUT2D eigenvalue weighted by Gasteiger charge is -2.44. The second-order valence-corrected chi connectivity index (χ2v) is 9.92. The van der Waals surface area contributed by atoms with Gasteiger partial charge in [0.25, 0.3) is 5.56 Å². The number of carbonyl (C=O) groups excluding carboxylic acids is 1. The van der Waals surface area contributed by atoms with Crippen molar-refractivity contribution in [3.8, 4) is 17.1 Å². The molecular weight excluding hydrogens is 488 g/mol. The number of halogens is 1. The molecule has 0 unspecified atom stereocenters. The summed E-state index contributed by atoms with van der Waals surface area (Å²) in [5.41, 5.74) is 0.0364. The fourth-order valence-electron chi connectivity index (χ4n) is 4.80. The summed E-state index contributed by atoms with van der Waals surface area (Å²) in [5.74, 6) is 0.399. The van der Waals surface area contributed by atoms with Crippen LogP contribution in [0.2, 0.25) is 5.02 Å². The SMILES string of the molecule is COC(=O)[C@@H]1[C@@H]2c3ccccc3O[C@]1(C)N=c1s/c(=C/c3ccc(-c4ccccc4Cl)o3)c(=O)n12. The molecule has 9 heteroatoms. The van der Waals surface area contributed by atoms with Gasteiger partial charge in [-0.3, -0.25) is 14.2 Å². The molecule has 0 aliphatic carbocycles. The van der Waals surface area contributed by atoms with E-state index in [1.54, 1.807) is 29.7 Å². The maximum absolute atomic E-state index is 13.6. The smallest absolute Gasteiger partial charge is 0.317 e. The zero-order chi connectivity index (χ0) is 24.3. The molecule has 0 saturated heterocycles. The first kappa shape index (κ1) is 21.9. The van der Waals surface area contributed by atoms with Crippen molar-refractivity contribution in [2.75, 3.05) is 7.11 Å². The third-order valence-corrected chi connectivity index (χ3v) is 7.69.